The van der Waals surface area contributed by atoms with Gasteiger partial charge in [-0.2, -0.15) is 10.5 Å². The molecule has 136 valence electrons. The van der Waals surface area contributed by atoms with E-state index in [4.69, 9.17) is 10.7 Å². The zero-order valence-electron chi connectivity index (χ0n) is 14.8. The van der Waals surface area contributed by atoms with E-state index in [0.29, 0.717) is 5.84 Å². The Kier molecular flexibility index (Phi) is 5.36. The van der Waals surface area contributed by atoms with E-state index < -0.39 is 15.0 Å². The highest BCUT2D eigenvalue weighted by Crippen LogP contribution is 2.85. The normalized spacial score (nSPS) is 30.8. The van der Waals surface area contributed by atoms with E-state index in [1.807, 2.05) is 24.3 Å². The molecule has 0 spiro atoms. The van der Waals surface area contributed by atoms with Gasteiger partial charge in [0.2, 0.25) is 0 Å². The van der Waals surface area contributed by atoms with Crippen molar-refractivity contribution in [3.05, 3.63) is 34.3 Å². The Morgan fingerprint density at radius 2 is 1.69 bits per heavy atom. The van der Waals surface area contributed by atoms with E-state index in [-0.39, 0.29) is 5.92 Å². The number of fused-ring (bicyclic) bond motifs is 1. The Morgan fingerprint density at radius 1 is 1.12 bits per heavy atom. The fourth-order valence-electron chi connectivity index (χ4n) is 3.99. The minimum absolute atomic E-state index is 0.246. The first kappa shape index (κ1) is 19.6. The van der Waals surface area contributed by atoms with Gasteiger partial charge in [0.15, 0.2) is 4.20 Å². The molecule has 7 heteroatoms. The predicted octanol–water partition coefficient (Wildman–Crippen LogP) is 4.88. The molecule has 1 aliphatic heterocycles. The van der Waals surface area contributed by atoms with Crippen LogP contribution in [0.1, 0.15) is 38.2 Å². The Hall–Kier alpha value is -1.15. The maximum absolute atomic E-state index is 10.3. The lowest BCUT2D eigenvalue weighted by Crippen LogP contribution is -2.32. The van der Waals surface area contributed by atoms with Crippen LogP contribution >= 0.6 is 39.5 Å². The van der Waals surface area contributed by atoms with E-state index in [1.165, 1.54) is 0 Å². The summed E-state index contributed by atoms with van der Waals surface area (Å²) < 4.78 is 0.253. The van der Waals surface area contributed by atoms with Gasteiger partial charge in [-0.1, -0.05) is 41.9 Å². The molecule has 0 radical (unpaired) electrons. The van der Waals surface area contributed by atoms with Crippen LogP contribution < -0.4 is 5.73 Å². The number of nitriles is 2. The second-order valence-corrected chi connectivity index (χ2v) is 10.3. The molecule has 1 saturated carbocycles. The molecule has 1 aliphatic carbocycles. The summed E-state index contributed by atoms with van der Waals surface area (Å²) in [5.74, 6) is 1.84. The summed E-state index contributed by atoms with van der Waals surface area (Å²) in [5, 5.41) is 20.4. The van der Waals surface area contributed by atoms with Gasteiger partial charge in [0.1, 0.15) is 16.7 Å². The third kappa shape index (κ3) is 2.37. The van der Waals surface area contributed by atoms with Gasteiger partial charge in [0.05, 0.1) is 12.1 Å². The summed E-state index contributed by atoms with van der Waals surface area (Å²) in [6.45, 7) is 4.23. The maximum Gasteiger partial charge on any atom is 0.175 e. The lowest BCUT2D eigenvalue weighted by Gasteiger charge is -2.32. The molecule has 1 fully saturated rings. The standard InChI is InChI=1S/C19H21BrN4S2/c1-3-9-25-19(26-10-4-2)18(12-22)15(13-5-7-14(20)8-6-13)17(18,11-21)16(23)24-19/h5-8,15H,3-4,9-10H2,1-2H3,(H2,23,24). The van der Waals surface area contributed by atoms with Crippen LogP contribution in [0.3, 0.4) is 0 Å². The van der Waals surface area contributed by atoms with Crippen LogP contribution in [0, 0.1) is 33.5 Å². The van der Waals surface area contributed by atoms with Crippen molar-refractivity contribution in [3.8, 4) is 12.1 Å². The third-order valence-electron chi connectivity index (χ3n) is 5.13. The molecule has 0 amide bonds. The zero-order valence-corrected chi connectivity index (χ0v) is 18.0. The molecule has 2 aliphatic rings. The Balaban J connectivity index is 2.15. The van der Waals surface area contributed by atoms with Crippen LogP contribution in [0.15, 0.2) is 33.7 Å². The van der Waals surface area contributed by atoms with Crippen molar-refractivity contribution in [1.82, 2.24) is 0 Å². The molecule has 2 N–H and O–H groups in total. The van der Waals surface area contributed by atoms with Crippen molar-refractivity contribution in [1.29, 1.82) is 10.5 Å². The second kappa shape index (κ2) is 7.11. The van der Waals surface area contributed by atoms with Crippen LogP contribution in [-0.2, 0) is 0 Å². The molecule has 1 heterocycles. The van der Waals surface area contributed by atoms with Crippen molar-refractivity contribution in [2.45, 2.75) is 36.8 Å². The molecule has 0 bridgehead atoms. The fraction of sp³-hybridized carbons (Fsp3) is 0.526. The lowest BCUT2D eigenvalue weighted by atomic mass is 9.97. The number of aliphatic imine (C=N–C) groups is 1. The van der Waals surface area contributed by atoms with Gasteiger partial charge in [-0.05, 0) is 42.0 Å². The predicted molar refractivity (Wildman–Crippen MR) is 113 cm³/mol. The molecular weight excluding hydrogens is 428 g/mol. The van der Waals surface area contributed by atoms with Gasteiger partial charge in [-0.3, -0.25) is 0 Å². The molecule has 0 aromatic heterocycles. The summed E-state index contributed by atoms with van der Waals surface area (Å²) >= 11 is 6.81. The number of hydrogen-bond donors (Lipinski definition) is 1. The molecule has 3 unspecified atom stereocenters. The van der Waals surface area contributed by atoms with E-state index >= 15 is 0 Å². The third-order valence-corrected chi connectivity index (χ3v) is 9.20. The monoisotopic (exact) mass is 448 g/mol. The van der Waals surface area contributed by atoms with Gasteiger partial charge in [-0.15, -0.1) is 23.5 Å². The largest absolute Gasteiger partial charge is 0.386 e. The Morgan fingerprint density at radius 3 is 2.15 bits per heavy atom. The lowest BCUT2D eigenvalue weighted by molar-refractivity contribution is 0.563. The molecule has 4 nitrogen and oxygen atoms in total. The van der Waals surface area contributed by atoms with Crippen LogP contribution in [-0.4, -0.2) is 21.5 Å². The number of amidine groups is 1. The van der Waals surface area contributed by atoms with Crippen molar-refractivity contribution in [3.63, 3.8) is 0 Å². The highest BCUT2D eigenvalue weighted by atomic mass is 79.9. The number of hydrogen-bond acceptors (Lipinski definition) is 6. The molecule has 1 aromatic carbocycles. The Labute approximate surface area is 171 Å². The van der Waals surface area contributed by atoms with E-state index in [0.717, 1.165) is 34.4 Å². The van der Waals surface area contributed by atoms with Crippen molar-refractivity contribution < 1.29 is 0 Å². The number of rotatable bonds is 7. The van der Waals surface area contributed by atoms with Gasteiger partial charge < -0.3 is 5.73 Å². The van der Waals surface area contributed by atoms with Gasteiger partial charge in [0.25, 0.3) is 0 Å². The first-order chi connectivity index (χ1) is 12.5. The van der Waals surface area contributed by atoms with Crippen LogP contribution in [0.4, 0.5) is 0 Å². The van der Waals surface area contributed by atoms with E-state index in [1.54, 1.807) is 23.5 Å². The van der Waals surface area contributed by atoms with Crippen molar-refractivity contribution in [2.24, 2.45) is 21.6 Å². The number of thioether (sulfide) groups is 2. The fourth-order valence-corrected chi connectivity index (χ4v) is 7.48. The average molecular weight is 449 g/mol. The highest BCUT2D eigenvalue weighted by Gasteiger charge is 2.91. The zero-order chi connectivity index (χ0) is 19.0. The van der Waals surface area contributed by atoms with E-state index in [2.05, 4.69) is 41.9 Å². The maximum atomic E-state index is 10.3. The molecule has 3 atom stereocenters. The number of nitrogens with zero attached hydrogens (tertiary/aromatic N) is 3. The van der Waals surface area contributed by atoms with Crippen LogP contribution in [0.2, 0.25) is 0 Å². The summed E-state index contributed by atoms with van der Waals surface area (Å²) in [7, 11) is 0. The molecule has 26 heavy (non-hydrogen) atoms. The topological polar surface area (TPSA) is 86.0 Å². The number of nitrogens with two attached hydrogens (primary N) is 1. The van der Waals surface area contributed by atoms with Gasteiger partial charge in [0, 0.05) is 10.4 Å². The number of halogens is 1. The molecule has 1 aromatic rings. The highest BCUT2D eigenvalue weighted by molar-refractivity contribution is 9.10. The van der Waals surface area contributed by atoms with Crippen molar-refractivity contribution in [2.75, 3.05) is 11.5 Å². The minimum atomic E-state index is -1.03. The first-order valence-corrected chi connectivity index (χ1v) is 11.5. The SMILES string of the molecule is CCCSC1(SCCC)N=C(N)C2(C#N)C(c3ccc(Br)cc3)C12C#N. The van der Waals surface area contributed by atoms with E-state index in [9.17, 15) is 10.5 Å². The summed E-state index contributed by atoms with van der Waals surface area (Å²) in [6.07, 6.45) is 1.97. The first-order valence-electron chi connectivity index (χ1n) is 8.71. The van der Waals surface area contributed by atoms with Crippen LogP contribution in [0.5, 0.6) is 0 Å². The number of benzene rings is 1. The molecular formula is C19H21BrN4S2. The second-order valence-electron chi connectivity index (χ2n) is 6.60. The minimum Gasteiger partial charge on any atom is -0.386 e. The molecule has 0 saturated heterocycles. The van der Waals surface area contributed by atoms with Crippen molar-refractivity contribution >= 4 is 45.3 Å². The van der Waals surface area contributed by atoms with Crippen LogP contribution in [0.25, 0.3) is 0 Å². The van der Waals surface area contributed by atoms with Gasteiger partial charge in [-0.25, -0.2) is 4.99 Å². The summed E-state index contributed by atoms with van der Waals surface area (Å²) in [5.41, 5.74) is 5.37. The summed E-state index contributed by atoms with van der Waals surface area (Å²) in [4.78, 5) is 4.77. The quantitative estimate of drug-likeness (QED) is 0.600. The summed E-state index contributed by atoms with van der Waals surface area (Å²) in [6, 6.07) is 12.8. The molecule has 3 rings (SSSR count). The average Bonchev–Trinajstić information content (AvgIpc) is 3.23. The van der Waals surface area contributed by atoms with Gasteiger partial charge >= 0.3 is 0 Å². The Bertz CT molecular complexity index is 802. The smallest absolute Gasteiger partial charge is 0.175 e.